The van der Waals surface area contributed by atoms with Crippen molar-refractivity contribution in [3.05, 3.63) is 34.3 Å². The Morgan fingerprint density at radius 2 is 2.18 bits per heavy atom. The zero-order chi connectivity index (χ0) is 12.8. The van der Waals surface area contributed by atoms with Crippen molar-refractivity contribution < 1.29 is 4.79 Å². The molecule has 0 aliphatic heterocycles. The smallest absolute Gasteiger partial charge is 0.251 e. The summed E-state index contributed by atoms with van der Waals surface area (Å²) in [6.45, 7) is 3.91. The second kappa shape index (κ2) is 6.87. The van der Waals surface area contributed by atoms with Crippen LogP contribution in [0.4, 0.5) is 0 Å². The zero-order valence-electron chi connectivity index (χ0n) is 10.1. The molecule has 0 aliphatic carbocycles. The molecule has 1 N–H and O–H groups in total. The summed E-state index contributed by atoms with van der Waals surface area (Å²) in [5.74, 6) is 0.495. The number of carbonyl (C=O) groups excluding carboxylic acids is 1. The first-order chi connectivity index (χ1) is 8.08. The molecule has 1 unspecified atom stereocenters. The Kier molecular flexibility index (Phi) is 5.79. The number of carbonyl (C=O) groups is 1. The molecule has 1 aromatic carbocycles. The number of hydrogen-bond donors (Lipinski definition) is 1. The van der Waals surface area contributed by atoms with E-state index in [0.717, 1.165) is 18.4 Å². The summed E-state index contributed by atoms with van der Waals surface area (Å²) < 4.78 is 0. The summed E-state index contributed by atoms with van der Waals surface area (Å²) in [4.78, 5) is 12.0. The van der Waals surface area contributed by atoms with E-state index in [1.807, 2.05) is 13.8 Å². The Hall–Kier alpha value is -0.730. The number of benzene rings is 1. The van der Waals surface area contributed by atoms with Crippen molar-refractivity contribution in [1.82, 2.24) is 5.32 Å². The SMILES string of the molecule is CCC(CCCl)NC(=O)c1ccc(Cl)cc1C. The van der Waals surface area contributed by atoms with Gasteiger partial charge in [-0.3, -0.25) is 4.79 Å². The van der Waals surface area contributed by atoms with Crippen LogP contribution >= 0.6 is 23.2 Å². The fourth-order valence-corrected chi connectivity index (χ4v) is 2.15. The third-order valence-corrected chi connectivity index (χ3v) is 3.17. The topological polar surface area (TPSA) is 29.1 Å². The van der Waals surface area contributed by atoms with Crippen LogP contribution in [0.15, 0.2) is 18.2 Å². The average molecular weight is 274 g/mol. The van der Waals surface area contributed by atoms with Gasteiger partial charge in [0.1, 0.15) is 0 Å². The maximum absolute atomic E-state index is 12.0. The molecule has 0 fully saturated rings. The van der Waals surface area contributed by atoms with E-state index in [1.54, 1.807) is 18.2 Å². The maximum Gasteiger partial charge on any atom is 0.251 e. The second-order valence-corrected chi connectivity index (χ2v) is 4.83. The van der Waals surface area contributed by atoms with Crippen molar-refractivity contribution in [2.24, 2.45) is 0 Å². The van der Waals surface area contributed by atoms with Crippen molar-refractivity contribution in [2.75, 3.05) is 5.88 Å². The minimum atomic E-state index is -0.0591. The largest absolute Gasteiger partial charge is 0.349 e. The first kappa shape index (κ1) is 14.3. The minimum absolute atomic E-state index is 0.0591. The Morgan fingerprint density at radius 1 is 1.47 bits per heavy atom. The van der Waals surface area contributed by atoms with Crippen LogP contribution in [0.25, 0.3) is 0 Å². The molecule has 1 rings (SSSR count). The number of hydrogen-bond acceptors (Lipinski definition) is 1. The molecule has 0 radical (unpaired) electrons. The van der Waals surface area contributed by atoms with Crippen molar-refractivity contribution in [1.29, 1.82) is 0 Å². The Labute approximate surface area is 112 Å². The summed E-state index contributed by atoms with van der Waals surface area (Å²) in [6, 6.07) is 5.40. The lowest BCUT2D eigenvalue weighted by atomic mass is 10.1. The number of aryl methyl sites for hydroxylation is 1. The van der Waals surface area contributed by atoms with Gasteiger partial charge in [-0.05, 0) is 43.5 Å². The molecule has 0 spiro atoms. The van der Waals surface area contributed by atoms with Crippen LogP contribution in [0.3, 0.4) is 0 Å². The van der Waals surface area contributed by atoms with Crippen LogP contribution < -0.4 is 5.32 Å². The van der Waals surface area contributed by atoms with E-state index in [2.05, 4.69) is 5.32 Å². The van der Waals surface area contributed by atoms with Gasteiger partial charge in [0, 0.05) is 22.5 Å². The van der Waals surface area contributed by atoms with E-state index in [9.17, 15) is 4.79 Å². The van der Waals surface area contributed by atoms with Gasteiger partial charge in [-0.25, -0.2) is 0 Å². The van der Waals surface area contributed by atoms with Crippen molar-refractivity contribution in [2.45, 2.75) is 32.7 Å². The molecule has 0 heterocycles. The van der Waals surface area contributed by atoms with E-state index in [1.165, 1.54) is 0 Å². The molecular weight excluding hydrogens is 257 g/mol. The summed E-state index contributed by atoms with van der Waals surface area (Å²) in [7, 11) is 0. The molecule has 94 valence electrons. The Bertz CT molecular complexity index is 393. The van der Waals surface area contributed by atoms with Crippen LogP contribution in [0, 0.1) is 6.92 Å². The van der Waals surface area contributed by atoms with Crippen molar-refractivity contribution in [3.8, 4) is 0 Å². The molecule has 1 amide bonds. The highest BCUT2D eigenvalue weighted by Gasteiger charge is 2.13. The highest BCUT2D eigenvalue weighted by Crippen LogP contribution is 2.15. The first-order valence-electron chi connectivity index (χ1n) is 5.71. The summed E-state index contributed by atoms with van der Waals surface area (Å²) in [5, 5.41) is 3.62. The normalized spacial score (nSPS) is 12.2. The highest BCUT2D eigenvalue weighted by molar-refractivity contribution is 6.30. The zero-order valence-corrected chi connectivity index (χ0v) is 11.6. The van der Waals surface area contributed by atoms with Gasteiger partial charge in [-0.15, -0.1) is 11.6 Å². The van der Waals surface area contributed by atoms with Crippen LogP contribution in [-0.2, 0) is 0 Å². The van der Waals surface area contributed by atoms with E-state index in [-0.39, 0.29) is 11.9 Å². The number of halogens is 2. The fraction of sp³-hybridized carbons (Fsp3) is 0.462. The van der Waals surface area contributed by atoms with E-state index < -0.39 is 0 Å². The fourth-order valence-electron chi connectivity index (χ4n) is 1.66. The Balaban J connectivity index is 2.75. The van der Waals surface area contributed by atoms with Gasteiger partial charge in [-0.1, -0.05) is 18.5 Å². The third-order valence-electron chi connectivity index (χ3n) is 2.72. The molecular formula is C13H17Cl2NO. The monoisotopic (exact) mass is 273 g/mol. The molecule has 2 nitrogen and oxygen atoms in total. The van der Waals surface area contributed by atoms with Crippen molar-refractivity contribution in [3.63, 3.8) is 0 Å². The van der Waals surface area contributed by atoms with E-state index in [4.69, 9.17) is 23.2 Å². The molecule has 0 saturated heterocycles. The molecule has 4 heteroatoms. The van der Waals surface area contributed by atoms with E-state index >= 15 is 0 Å². The summed E-state index contributed by atoms with van der Waals surface area (Å²) in [5.41, 5.74) is 1.55. The molecule has 17 heavy (non-hydrogen) atoms. The van der Waals surface area contributed by atoms with Gasteiger partial charge in [0.25, 0.3) is 5.91 Å². The lowest BCUT2D eigenvalue weighted by molar-refractivity contribution is 0.0934. The number of nitrogens with one attached hydrogen (secondary N) is 1. The predicted molar refractivity (Wildman–Crippen MR) is 73.1 cm³/mol. The molecule has 0 saturated carbocycles. The van der Waals surface area contributed by atoms with Crippen molar-refractivity contribution >= 4 is 29.1 Å². The van der Waals surface area contributed by atoms with Gasteiger partial charge < -0.3 is 5.32 Å². The number of alkyl halides is 1. The van der Waals surface area contributed by atoms with Gasteiger partial charge in [0.2, 0.25) is 0 Å². The second-order valence-electron chi connectivity index (χ2n) is 4.02. The molecule has 0 bridgehead atoms. The standard InChI is InChI=1S/C13H17Cl2NO/c1-3-11(6-7-14)16-13(17)12-5-4-10(15)8-9(12)2/h4-5,8,11H,3,6-7H2,1-2H3,(H,16,17). The lowest BCUT2D eigenvalue weighted by Gasteiger charge is -2.16. The summed E-state index contributed by atoms with van der Waals surface area (Å²) in [6.07, 6.45) is 1.67. The van der Waals surface area contributed by atoms with Crippen LogP contribution in [0.5, 0.6) is 0 Å². The highest BCUT2D eigenvalue weighted by atomic mass is 35.5. The minimum Gasteiger partial charge on any atom is -0.349 e. The summed E-state index contributed by atoms with van der Waals surface area (Å²) >= 11 is 11.5. The molecule has 0 aromatic heterocycles. The van der Waals surface area contributed by atoms with Crippen LogP contribution in [0.1, 0.15) is 35.7 Å². The van der Waals surface area contributed by atoms with Crippen LogP contribution in [-0.4, -0.2) is 17.8 Å². The Morgan fingerprint density at radius 3 is 2.71 bits per heavy atom. The number of amides is 1. The van der Waals surface area contributed by atoms with Gasteiger partial charge in [0.15, 0.2) is 0 Å². The van der Waals surface area contributed by atoms with Gasteiger partial charge in [0.05, 0.1) is 0 Å². The quantitative estimate of drug-likeness (QED) is 0.813. The molecule has 1 atom stereocenters. The lowest BCUT2D eigenvalue weighted by Crippen LogP contribution is -2.35. The van der Waals surface area contributed by atoms with E-state index in [0.29, 0.717) is 16.5 Å². The van der Waals surface area contributed by atoms with Crippen LogP contribution in [0.2, 0.25) is 5.02 Å². The average Bonchev–Trinajstić information content (AvgIpc) is 2.28. The third kappa shape index (κ3) is 4.21. The number of rotatable bonds is 5. The molecule has 1 aromatic rings. The van der Waals surface area contributed by atoms with Gasteiger partial charge in [-0.2, -0.15) is 0 Å². The van der Waals surface area contributed by atoms with Gasteiger partial charge >= 0.3 is 0 Å². The first-order valence-corrected chi connectivity index (χ1v) is 6.62. The predicted octanol–water partition coefficient (Wildman–Crippen LogP) is 3.79. The molecule has 0 aliphatic rings. The maximum atomic E-state index is 12.0.